The van der Waals surface area contributed by atoms with E-state index >= 15 is 0 Å². The lowest BCUT2D eigenvalue weighted by Gasteiger charge is -2.16. The van der Waals surface area contributed by atoms with Crippen molar-refractivity contribution in [1.29, 1.82) is 0 Å². The lowest BCUT2D eigenvalue weighted by molar-refractivity contribution is -0.136. The molecule has 12 nitrogen and oxygen atoms in total. The summed E-state index contributed by atoms with van der Waals surface area (Å²) in [6.45, 7) is 0. The summed E-state index contributed by atoms with van der Waals surface area (Å²) >= 11 is 0. The van der Waals surface area contributed by atoms with Crippen molar-refractivity contribution in [3.05, 3.63) is 5.82 Å². The molecule has 2 atom stereocenters. The van der Waals surface area contributed by atoms with Gasteiger partial charge in [0.1, 0.15) is 5.84 Å². The largest absolute Gasteiger partial charge is 0.479 e. The molecule has 0 spiro atoms. The van der Waals surface area contributed by atoms with Crippen LogP contribution < -0.4 is 5.32 Å². The van der Waals surface area contributed by atoms with Crippen LogP contribution in [0, 0.1) is 0 Å². The number of hydrogen-bond acceptors (Lipinski definition) is 9. The third-order valence-corrected chi connectivity index (χ3v) is 2.72. The van der Waals surface area contributed by atoms with Crippen molar-refractivity contribution in [2.24, 2.45) is 9.98 Å². The third kappa shape index (κ3) is 4.16. The minimum Gasteiger partial charge on any atom is -0.479 e. The molecule has 1 aliphatic heterocycles. The first kappa shape index (κ1) is 15.7. The van der Waals surface area contributed by atoms with Crippen molar-refractivity contribution in [2.45, 2.75) is 24.8 Å². The molecule has 0 radical (unpaired) electrons. The summed E-state index contributed by atoms with van der Waals surface area (Å²) in [5, 5.41) is 42.4. The van der Waals surface area contributed by atoms with Crippen LogP contribution in [0.4, 0.5) is 0 Å². The quantitative estimate of drug-likeness (QED) is 0.322. The number of rotatable bonds is 7. The van der Waals surface area contributed by atoms with Gasteiger partial charge < -0.3 is 20.5 Å². The topological polar surface area (TPSA) is 186 Å². The molecule has 22 heavy (non-hydrogen) atoms. The van der Waals surface area contributed by atoms with Gasteiger partial charge in [0.15, 0.2) is 11.9 Å². The highest BCUT2D eigenvalue weighted by Crippen LogP contribution is 2.07. The van der Waals surface area contributed by atoms with Crippen molar-refractivity contribution in [3.8, 4) is 0 Å². The second kappa shape index (κ2) is 6.86. The number of aliphatic imine (C=N–C) groups is 2. The molecule has 0 aromatic carbocycles. The molecule has 1 amide bonds. The minimum atomic E-state index is -1.86. The Morgan fingerprint density at radius 3 is 2.77 bits per heavy atom. The molecule has 0 fully saturated rings. The summed E-state index contributed by atoms with van der Waals surface area (Å²) < 4.78 is 0. The van der Waals surface area contributed by atoms with Gasteiger partial charge in [-0.1, -0.05) is 5.21 Å². The number of carbonyl (C=O) groups excluding carboxylic acids is 1. The zero-order chi connectivity index (χ0) is 16.1. The van der Waals surface area contributed by atoms with Crippen molar-refractivity contribution in [2.75, 3.05) is 0 Å². The molecule has 116 valence electrons. The number of tetrazole rings is 1. The van der Waals surface area contributed by atoms with Crippen LogP contribution in [0.3, 0.4) is 0 Å². The van der Waals surface area contributed by atoms with Gasteiger partial charge >= 0.3 is 13.1 Å². The predicted molar refractivity (Wildman–Crippen MR) is 72.0 cm³/mol. The Hall–Kier alpha value is -2.67. The summed E-state index contributed by atoms with van der Waals surface area (Å²) in [5.74, 6) is -2.57. The van der Waals surface area contributed by atoms with Gasteiger partial charge in [-0.25, -0.2) is 14.8 Å². The van der Waals surface area contributed by atoms with Crippen LogP contribution >= 0.6 is 0 Å². The van der Waals surface area contributed by atoms with Gasteiger partial charge in [0, 0.05) is 12.6 Å². The summed E-state index contributed by atoms with van der Waals surface area (Å²) in [6.07, 6.45) is 0.794. The van der Waals surface area contributed by atoms with E-state index in [1.165, 1.54) is 0 Å². The van der Waals surface area contributed by atoms with E-state index in [4.69, 9.17) is 5.11 Å². The van der Waals surface area contributed by atoms with E-state index in [-0.39, 0.29) is 24.5 Å². The number of amides is 1. The number of amidine groups is 1. The molecule has 5 N–H and O–H groups in total. The zero-order valence-electron chi connectivity index (χ0n) is 11.1. The first-order valence-electron chi connectivity index (χ1n) is 6.17. The van der Waals surface area contributed by atoms with Gasteiger partial charge in [-0.2, -0.15) is 5.21 Å². The van der Waals surface area contributed by atoms with Crippen molar-refractivity contribution in [3.63, 3.8) is 0 Å². The summed E-state index contributed by atoms with van der Waals surface area (Å²) in [4.78, 5) is 30.0. The average molecular weight is 309 g/mol. The highest BCUT2D eigenvalue weighted by Gasteiger charge is 2.29. The van der Waals surface area contributed by atoms with Crippen LogP contribution in [0.5, 0.6) is 0 Å². The Morgan fingerprint density at radius 1 is 1.45 bits per heavy atom. The first-order valence-corrected chi connectivity index (χ1v) is 6.17. The molecule has 1 aliphatic rings. The molecule has 13 heteroatoms. The van der Waals surface area contributed by atoms with Crippen molar-refractivity contribution >= 4 is 31.0 Å². The first-order chi connectivity index (χ1) is 10.5. The van der Waals surface area contributed by atoms with Crippen LogP contribution in [0.15, 0.2) is 9.98 Å². The number of nitrogens with zero attached hydrogens (tertiary/aromatic N) is 5. The second-order valence-corrected chi connectivity index (χ2v) is 4.40. The minimum absolute atomic E-state index is 0.102. The van der Waals surface area contributed by atoms with Gasteiger partial charge in [-0.3, -0.25) is 4.79 Å². The number of aliphatic carboxylic acids is 1. The predicted octanol–water partition coefficient (Wildman–Crippen LogP) is -3.43. The van der Waals surface area contributed by atoms with E-state index in [0.29, 0.717) is 0 Å². The number of carbonyl (C=O) groups is 2. The average Bonchev–Trinajstić information content (AvgIpc) is 3.09. The Kier molecular flexibility index (Phi) is 4.90. The maximum absolute atomic E-state index is 11.7. The van der Waals surface area contributed by atoms with Gasteiger partial charge in [0.25, 0.3) is 0 Å². The van der Waals surface area contributed by atoms with Gasteiger partial charge in [-0.15, -0.1) is 10.2 Å². The van der Waals surface area contributed by atoms with Gasteiger partial charge in [-0.05, 0) is 0 Å². The number of carboxylic acids is 1. The maximum atomic E-state index is 11.7. The SMILES string of the molecule is O=C(Cc1nn[nH]n1)N[C@@H](CC1=NC(C(=O)O)C=N1)B(O)O. The summed E-state index contributed by atoms with van der Waals surface area (Å²) in [6, 6.07) is -1.10. The number of carboxylic acid groups (broad SMARTS) is 1. The third-order valence-electron chi connectivity index (χ3n) is 2.72. The van der Waals surface area contributed by atoms with Crippen molar-refractivity contribution < 1.29 is 24.7 Å². The molecular weight excluding hydrogens is 297 g/mol. The molecule has 0 saturated heterocycles. The fourth-order valence-electron chi connectivity index (χ4n) is 1.69. The van der Waals surface area contributed by atoms with Crippen LogP contribution in [-0.2, 0) is 16.0 Å². The lowest BCUT2D eigenvalue weighted by Crippen LogP contribution is -2.48. The molecule has 0 aliphatic carbocycles. The number of aromatic nitrogens is 4. The Morgan fingerprint density at radius 2 is 2.23 bits per heavy atom. The normalized spacial score (nSPS) is 17.9. The number of H-pyrrole nitrogens is 1. The number of nitrogens with one attached hydrogen (secondary N) is 2. The fraction of sp³-hybridized carbons (Fsp3) is 0.444. The molecular formula is C9H12BN7O5. The van der Waals surface area contributed by atoms with Gasteiger partial charge in [0.2, 0.25) is 5.91 Å². The Bertz CT molecular complexity index is 602. The van der Waals surface area contributed by atoms with Crippen LogP contribution in [0.25, 0.3) is 0 Å². The Labute approximate surface area is 123 Å². The molecule has 1 aromatic heterocycles. The highest BCUT2D eigenvalue weighted by molar-refractivity contribution is 6.44. The maximum Gasteiger partial charge on any atom is 0.475 e. The molecule has 1 unspecified atom stereocenters. The number of aromatic amines is 1. The lowest BCUT2D eigenvalue weighted by atomic mass is 9.77. The standard InChI is InChI=1S/C9H12BN7O5/c18-8(2-7-14-16-17-15-7)13-5(10(21)22)1-6-11-3-4(12-6)9(19)20/h3-5,21-22H,1-2H2,(H,13,18)(H,19,20)(H,14,15,16,17)/t4?,5-/m0/s1. The van der Waals surface area contributed by atoms with Crippen molar-refractivity contribution in [1.82, 2.24) is 25.9 Å². The molecule has 0 saturated carbocycles. The van der Waals surface area contributed by atoms with E-state index in [1.807, 2.05) is 0 Å². The van der Waals surface area contributed by atoms with E-state index in [1.54, 1.807) is 0 Å². The molecule has 0 bridgehead atoms. The Balaban J connectivity index is 1.93. The fourth-order valence-corrected chi connectivity index (χ4v) is 1.69. The van der Waals surface area contributed by atoms with Crippen LogP contribution in [0.2, 0.25) is 0 Å². The monoisotopic (exact) mass is 309 g/mol. The summed E-state index contributed by atoms with van der Waals surface area (Å²) in [5.41, 5.74) is 0. The van der Waals surface area contributed by atoms with E-state index in [9.17, 15) is 19.6 Å². The smallest absolute Gasteiger partial charge is 0.475 e. The van der Waals surface area contributed by atoms with E-state index in [2.05, 4.69) is 35.9 Å². The molecule has 2 heterocycles. The molecule has 2 rings (SSSR count). The van der Waals surface area contributed by atoms with Crippen LogP contribution in [-0.4, -0.2) is 78.8 Å². The van der Waals surface area contributed by atoms with Crippen LogP contribution in [0.1, 0.15) is 12.2 Å². The second-order valence-electron chi connectivity index (χ2n) is 4.40. The van der Waals surface area contributed by atoms with E-state index in [0.717, 1.165) is 6.21 Å². The highest BCUT2D eigenvalue weighted by atomic mass is 16.4. The van der Waals surface area contributed by atoms with E-state index < -0.39 is 31.0 Å². The number of hydrogen-bond donors (Lipinski definition) is 5. The molecule has 1 aromatic rings. The zero-order valence-corrected chi connectivity index (χ0v) is 11.1. The summed E-state index contributed by atoms with van der Waals surface area (Å²) in [7, 11) is -1.86. The van der Waals surface area contributed by atoms with Gasteiger partial charge in [0.05, 0.1) is 12.4 Å².